The molecule has 1 aliphatic heterocycles. The minimum atomic E-state index is -2.35. The van der Waals surface area contributed by atoms with Crippen LogP contribution in [0.4, 0.5) is 22.0 Å². The number of aromatic nitrogens is 2. The summed E-state index contributed by atoms with van der Waals surface area (Å²) in [6.45, 7) is -0.539. The van der Waals surface area contributed by atoms with E-state index in [2.05, 4.69) is 0 Å². The van der Waals surface area contributed by atoms with Crippen LogP contribution in [0.25, 0.3) is 0 Å². The number of ether oxygens (including phenoxy) is 1. The van der Waals surface area contributed by atoms with Gasteiger partial charge in [0.2, 0.25) is 5.82 Å². The largest absolute Gasteiger partial charge is 0.394 e. The quantitative estimate of drug-likeness (QED) is 0.281. The fourth-order valence-electron chi connectivity index (χ4n) is 2.68. The second kappa shape index (κ2) is 7.78. The summed E-state index contributed by atoms with van der Waals surface area (Å²) in [5.74, 6) is -7.44. The number of H-pyrrole nitrogens is 1. The Balaban J connectivity index is 2.06. The van der Waals surface area contributed by atoms with E-state index >= 15 is 0 Å². The SMILES string of the molecule is O=c1[nH]c(=O)n(C2CC(O)C(CO)O2)cc1C#Cc1c(F)c(F)c(F)c(F)c1F. The molecule has 0 spiro atoms. The molecule has 29 heavy (non-hydrogen) atoms. The summed E-state index contributed by atoms with van der Waals surface area (Å²) in [5.41, 5.74) is -4.04. The van der Waals surface area contributed by atoms with Gasteiger partial charge in [-0.1, -0.05) is 11.8 Å². The Bertz CT molecular complexity index is 1120. The lowest BCUT2D eigenvalue weighted by atomic mass is 10.1. The van der Waals surface area contributed by atoms with Crippen molar-refractivity contribution in [3.63, 3.8) is 0 Å². The molecule has 154 valence electrons. The van der Waals surface area contributed by atoms with Gasteiger partial charge in [0.15, 0.2) is 23.3 Å². The average Bonchev–Trinajstić information content (AvgIpc) is 3.06. The number of hydrogen-bond donors (Lipinski definition) is 3. The summed E-state index contributed by atoms with van der Waals surface area (Å²) in [5, 5.41) is 18.8. The van der Waals surface area contributed by atoms with E-state index in [-0.39, 0.29) is 6.42 Å². The van der Waals surface area contributed by atoms with E-state index in [1.807, 2.05) is 10.9 Å². The molecule has 1 saturated heterocycles. The van der Waals surface area contributed by atoms with E-state index in [9.17, 15) is 36.6 Å². The highest BCUT2D eigenvalue weighted by Crippen LogP contribution is 2.27. The van der Waals surface area contributed by atoms with E-state index in [0.717, 1.165) is 10.8 Å². The van der Waals surface area contributed by atoms with Gasteiger partial charge in [0.1, 0.15) is 23.5 Å². The van der Waals surface area contributed by atoms with Crippen LogP contribution < -0.4 is 11.2 Å². The third-order valence-corrected chi connectivity index (χ3v) is 4.19. The lowest BCUT2D eigenvalue weighted by molar-refractivity contribution is -0.0459. The van der Waals surface area contributed by atoms with Gasteiger partial charge in [0, 0.05) is 12.6 Å². The Kier molecular flexibility index (Phi) is 5.56. The molecule has 1 aromatic carbocycles. The molecule has 3 unspecified atom stereocenters. The van der Waals surface area contributed by atoms with Crippen LogP contribution in [0.3, 0.4) is 0 Å². The van der Waals surface area contributed by atoms with Crippen molar-refractivity contribution in [1.29, 1.82) is 0 Å². The molecule has 3 atom stereocenters. The van der Waals surface area contributed by atoms with Gasteiger partial charge in [0.25, 0.3) is 5.56 Å². The number of nitrogens with zero attached hydrogens (tertiary/aromatic N) is 1. The van der Waals surface area contributed by atoms with Crippen molar-refractivity contribution in [1.82, 2.24) is 9.55 Å². The number of aliphatic hydroxyl groups is 2. The molecule has 0 aliphatic carbocycles. The standard InChI is InChI=1S/C17H11F5N2O5/c18-11-7(12(19)14(21)15(22)13(11)20)2-1-6-4-24(17(28)23-16(6)27)10-3-8(26)9(5-25)29-10/h4,8-10,25-26H,3,5H2,(H,23,27,28). The first-order valence-corrected chi connectivity index (χ1v) is 7.99. The van der Waals surface area contributed by atoms with Gasteiger partial charge in [-0.15, -0.1) is 0 Å². The Labute approximate surface area is 158 Å². The smallest absolute Gasteiger partial charge is 0.330 e. The van der Waals surface area contributed by atoms with E-state index < -0.39 is 76.5 Å². The van der Waals surface area contributed by atoms with Crippen LogP contribution >= 0.6 is 0 Å². The van der Waals surface area contributed by atoms with Crippen molar-refractivity contribution in [2.45, 2.75) is 24.9 Å². The van der Waals surface area contributed by atoms with Crippen LogP contribution in [0, 0.1) is 40.9 Å². The summed E-state index contributed by atoms with van der Waals surface area (Å²) >= 11 is 0. The predicted molar refractivity (Wildman–Crippen MR) is 85.2 cm³/mol. The maximum atomic E-state index is 13.7. The van der Waals surface area contributed by atoms with Crippen molar-refractivity contribution < 1.29 is 36.9 Å². The number of halogens is 5. The average molecular weight is 418 g/mol. The zero-order valence-electron chi connectivity index (χ0n) is 14.2. The monoisotopic (exact) mass is 418 g/mol. The van der Waals surface area contributed by atoms with Crippen molar-refractivity contribution >= 4 is 0 Å². The molecule has 0 amide bonds. The third-order valence-electron chi connectivity index (χ3n) is 4.19. The van der Waals surface area contributed by atoms with E-state index in [1.54, 1.807) is 5.92 Å². The predicted octanol–water partition coefficient (Wildman–Crippen LogP) is 0.273. The molecule has 1 aromatic heterocycles. The molecule has 3 N–H and O–H groups in total. The van der Waals surface area contributed by atoms with Crippen LogP contribution in [0.15, 0.2) is 15.8 Å². The first-order valence-electron chi connectivity index (χ1n) is 7.99. The minimum Gasteiger partial charge on any atom is -0.394 e. The van der Waals surface area contributed by atoms with Crippen molar-refractivity contribution in [3.8, 4) is 11.8 Å². The summed E-state index contributed by atoms with van der Waals surface area (Å²) in [4.78, 5) is 25.7. The number of aliphatic hydroxyl groups excluding tert-OH is 2. The molecule has 0 radical (unpaired) electrons. The highest BCUT2D eigenvalue weighted by Gasteiger charge is 2.35. The van der Waals surface area contributed by atoms with Crippen LogP contribution in [-0.2, 0) is 4.74 Å². The molecule has 0 bridgehead atoms. The molecule has 2 aromatic rings. The first kappa shape index (κ1) is 20.7. The third kappa shape index (κ3) is 3.67. The maximum absolute atomic E-state index is 13.7. The van der Waals surface area contributed by atoms with Crippen molar-refractivity contribution in [2.75, 3.05) is 6.61 Å². The van der Waals surface area contributed by atoms with Gasteiger partial charge >= 0.3 is 5.69 Å². The lowest BCUT2D eigenvalue weighted by Gasteiger charge is -2.14. The summed E-state index contributed by atoms with van der Waals surface area (Å²) in [6, 6.07) is 0. The summed E-state index contributed by atoms with van der Waals surface area (Å²) in [7, 11) is 0. The lowest BCUT2D eigenvalue weighted by Crippen LogP contribution is -2.33. The van der Waals surface area contributed by atoms with E-state index in [4.69, 9.17) is 9.84 Å². The van der Waals surface area contributed by atoms with Gasteiger partial charge in [-0.05, 0) is 0 Å². The number of aromatic amines is 1. The second-order valence-corrected chi connectivity index (χ2v) is 6.02. The minimum absolute atomic E-state index is 0.123. The van der Waals surface area contributed by atoms with Crippen molar-refractivity contribution in [3.05, 3.63) is 67.2 Å². The Hall–Kier alpha value is -3.01. The van der Waals surface area contributed by atoms with Gasteiger partial charge in [-0.3, -0.25) is 14.3 Å². The Morgan fingerprint density at radius 1 is 1.07 bits per heavy atom. The zero-order valence-corrected chi connectivity index (χ0v) is 14.2. The molecular weight excluding hydrogens is 407 g/mol. The topological polar surface area (TPSA) is 105 Å². The fraction of sp³-hybridized carbons (Fsp3) is 0.294. The fourth-order valence-corrected chi connectivity index (χ4v) is 2.68. The number of rotatable bonds is 2. The zero-order chi connectivity index (χ0) is 21.5. The van der Waals surface area contributed by atoms with Gasteiger partial charge < -0.3 is 14.9 Å². The van der Waals surface area contributed by atoms with Gasteiger partial charge in [-0.2, -0.15) is 0 Å². The van der Waals surface area contributed by atoms with Gasteiger partial charge in [0.05, 0.1) is 12.7 Å². The van der Waals surface area contributed by atoms with Gasteiger partial charge in [-0.25, -0.2) is 26.7 Å². The normalized spacial score (nSPS) is 21.1. The highest BCUT2D eigenvalue weighted by atomic mass is 19.2. The van der Waals surface area contributed by atoms with Crippen LogP contribution in [0.5, 0.6) is 0 Å². The van der Waals surface area contributed by atoms with E-state index in [0.29, 0.717) is 0 Å². The summed E-state index contributed by atoms with van der Waals surface area (Å²) < 4.78 is 73.0. The Morgan fingerprint density at radius 3 is 2.21 bits per heavy atom. The first-order chi connectivity index (χ1) is 13.6. The van der Waals surface area contributed by atoms with Crippen molar-refractivity contribution in [2.24, 2.45) is 0 Å². The van der Waals surface area contributed by atoms with E-state index in [1.165, 1.54) is 0 Å². The number of benzene rings is 1. The number of hydrogen-bond acceptors (Lipinski definition) is 5. The molecule has 1 aliphatic rings. The van der Waals surface area contributed by atoms with Crippen LogP contribution in [0.1, 0.15) is 23.8 Å². The molecule has 0 saturated carbocycles. The number of nitrogens with one attached hydrogen (secondary N) is 1. The molecule has 2 heterocycles. The Morgan fingerprint density at radius 2 is 1.66 bits per heavy atom. The maximum Gasteiger partial charge on any atom is 0.330 e. The highest BCUT2D eigenvalue weighted by molar-refractivity contribution is 5.43. The molecule has 7 nitrogen and oxygen atoms in total. The van der Waals surface area contributed by atoms with Crippen LogP contribution in [-0.4, -0.2) is 38.6 Å². The molecular formula is C17H11F5N2O5. The second-order valence-electron chi connectivity index (χ2n) is 6.02. The molecule has 12 heteroatoms. The molecule has 3 rings (SSSR count). The van der Waals surface area contributed by atoms with Crippen LogP contribution in [0.2, 0.25) is 0 Å². The summed E-state index contributed by atoms with van der Waals surface area (Å²) in [6.07, 6.45) is -2.46. The molecule has 1 fully saturated rings.